The van der Waals surface area contributed by atoms with Crippen molar-refractivity contribution in [2.24, 2.45) is 7.05 Å². The molecule has 8 heteroatoms. The van der Waals surface area contributed by atoms with Crippen LogP contribution in [0, 0.1) is 0 Å². The summed E-state index contributed by atoms with van der Waals surface area (Å²) in [5, 5.41) is 13.1. The van der Waals surface area contributed by atoms with Crippen LogP contribution in [0.3, 0.4) is 0 Å². The lowest BCUT2D eigenvalue weighted by Gasteiger charge is -2.30. The Bertz CT molecular complexity index is 1010. The Labute approximate surface area is 170 Å². The topological polar surface area (TPSA) is 78.1 Å². The van der Waals surface area contributed by atoms with Crippen LogP contribution in [0.4, 0.5) is 0 Å². The predicted octanol–water partition coefficient (Wildman–Crippen LogP) is 2.61. The number of rotatable bonds is 5. The summed E-state index contributed by atoms with van der Waals surface area (Å²) in [6, 6.07) is 9.65. The van der Waals surface area contributed by atoms with E-state index in [0.29, 0.717) is 18.8 Å². The van der Waals surface area contributed by atoms with Crippen molar-refractivity contribution in [2.75, 3.05) is 6.54 Å². The molecule has 2 aromatic heterocycles. The van der Waals surface area contributed by atoms with Crippen molar-refractivity contribution in [3.8, 4) is 17.3 Å². The van der Waals surface area contributed by atoms with Crippen LogP contribution < -0.4 is 4.74 Å². The number of carbonyl (C=O) groups is 1. The van der Waals surface area contributed by atoms with Crippen molar-refractivity contribution in [3.63, 3.8) is 0 Å². The van der Waals surface area contributed by atoms with E-state index in [9.17, 15) is 4.79 Å². The average molecular weight is 394 g/mol. The van der Waals surface area contributed by atoms with Crippen LogP contribution in [0.15, 0.2) is 36.7 Å². The highest BCUT2D eigenvalue weighted by molar-refractivity contribution is 5.81. The van der Waals surface area contributed by atoms with E-state index in [1.54, 1.807) is 13.3 Å². The number of para-hydroxylation sites is 1. The molecular formula is C21H26N6O2. The van der Waals surface area contributed by atoms with Gasteiger partial charge in [0.15, 0.2) is 11.9 Å². The third kappa shape index (κ3) is 3.62. The van der Waals surface area contributed by atoms with Gasteiger partial charge in [0.05, 0.1) is 0 Å². The van der Waals surface area contributed by atoms with Gasteiger partial charge in [-0.2, -0.15) is 5.10 Å². The first-order valence-electron chi connectivity index (χ1n) is 9.90. The Morgan fingerprint density at radius 3 is 2.66 bits per heavy atom. The van der Waals surface area contributed by atoms with Crippen LogP contribution in [0.2, 0.25) is 0 Å². The molecule has 0 saturated heterocycles. The molecule has 152 valence electrons. The van der Waals surface area contributed by atoms with Gasteiger partial charge in [-0.05, 0) is 32.9 Å². The Morgan fingerprint density at radius 1 is 1.17 bits per heavy atom. The molecular weight excluding hydrogens is 368 g/mol. The number of benzene rings is 1. The molecule has 1 amide bonds. The van der Waals surface area contributed by atoms with E-state index in [1.165, 1.54) is 0 Å². The largest absolute Gasteiger partial charge is 0.481 e. The zero-order chi connectivity index (χ0) is 20.5. The molecule has 0 aliphatic carbocycles. The molecule has 3 heterocycles. The summed E-state index contributed by atoms with van der Waals surface area (Å²) < 4.78 is 9.74. The summed E-state index contributed by atoms with van der Waals surface area (Å²) in [5.74, 6) is 1.40. The van der Waals surface area contributed by atoms with Gasteiger partial charge in [-0.25, -0.2) is 0 Å². The molecule has 1 atom stereocenters. The van der Waals surface area contributed by atoms with E-state index >= 15 is 0 Å². The third-order valence-corrected chi connectivity index (χ3v) is 5.30. The van der Waals surface area contributed by atoms with Gasteiger partial charge < -0.3 is 14.2 Å². The highest BCUT2D eigenvalue weighted by atomic mass is 16.5. The molecule has 1 aliphatic heterocycles. The van der Waals surface area contributed by atoms with E-state index in [2.05, 4.69) is 24.0 Å². The number of nitrogens with zero attached hydrogens (tertiary/aromatic N) is 6. The molecule has 29 heavy (non-hydrogen) atoms. The van der Waals surface area contributed by atoms with Gasteiger partial charge in [0, 0.05) is 43.9 Å². The Balaban J connectivity index is 1.58. The van der Waals surface area contributed by atoms with E-state index < -0.39 is 6.10 Å². The minimum Gasteiger partial charge on any atom is -0.481 e. The van der Waals surface area contributed by atoms with Crippen LogP contribution >= 0.6 is 0 Å². The minimum atomic E-state index is -0.557. The van der Waals surface area contributed by atoms with Crippen molar-refractivity contribution in [1.82, 2.24) is 29.4 Å². The number of carbonyl (C=O) groups excluding carboxylic acids is 1. The summed E-state index contributed by atoms with van der Waals surface area (Å²) in [6.07, 6.45) is 1.92. The second kappa shape index (κ2) is 7.69. The minimum absolute atomic E-state index is 0.0281. The fraction of sp³-hybridized carbons (Fsp3) is 0.429. The van der Waals surface area contributed by atoms with Crippen molar-refractivity contribution in [2.45, 2.75) is 45.9 Å². The monoisotopic (exact) mass is 394 g/mol. The van der Waals surface area contributed by atoms with Crippen LogP contribution in [-0.2, 0) is 24.8 Å². The summed E-state index contributed by atoms with van der Waals surface area (Å²) in [7, 11) is 1.94. The van der Waals surface area contributed by atoms with Crippen LogP contribution in [-0.4, -0.2) is 48.0 Å². The maximum absolute atomic E-state index is 13.0. The number of fused-ring (bicyclic) bond motifs is 1. The molecule has 3 aromatic rings. The summed E-state index contributed by atoms with van der Waals surface area (Å²) in [6.45, 7) is 7.10. The number of aryl methyl sites for hydroxylation is 1. The van der Waals surface area contributed by atoms with Crippen molar-refractivity contribution in [3.05, 3.63) is 47.9 Å². The van der Waals surface area contributed by atoms with Gasteiger partial charge in [0.1, 0.15) is 17.8 Å². The van der Waals surface area contributed by atoms with Crippen LogP contribution in [0.1, 0.15) is 38.1 Å². The zero-order valence-corrected chi connectivity index (χ0v) is 17.2. The Kier molecular flexibility index (Phi) is 5.08. The molecule has 1 aromatic carbocycles. The van der Waals surface area contributed by atoms with Crippen molar-refractivity contribution in [1.29, 1.82) is 0 Å². The summed E-state index contributed by atoms with van der Waals surface area (Å²) in [4.78, 5) is 14.9. The third-order valence-electron chi connectivity index (χ3n) is 5.30. The first-order chi connectivity index (χ1) is 14.0. The standard InChI is InChI=1S/C21H26N6O2/c1-14(2)27-13-22-23-20(27)19-17-12-26(11-10-18(17)25(4)24-19)21(28)15(3)29-16-8-6-5-7-9-16/h5-9,13-15H,10-12H2,1-4H3. The second-order valence-corrected chi connectivity index (χ2v) is 7.64. The Hall–Kier alpha value is -3.16. The lowest BCUT2D eigenvalue weighted by atomic mass is 10.0. The maximum atomic E-state index is 13.0. The molecule has 0 bridgehead atoms. The normalized spacial score (nSPS) is 14.7. The number of aromatic nitrogens is 5. The van der Waals surface area contributed by atoms with Gasteiger partial charge in [-0.3, -0.25) is 9.48 Å². The van der Waals surface area contributed by atoms with Crippen molar-refractivity contribution >= 4 is 5.91 Å². The number of amides is 1. The smallest absolute Gasteiger partial charge is 0.263 e. The van der Waals surface area contributed by atoms with E-state index in [1.807, 2.05) is 51.5 Å². The lowest BCUT2D eigenvalue weighted by molar-refractivity contribution is -0.138. The van der Waals surface area contributed by atoms with Gasteiger partial charge in [-0.15, -0.1) is 10.2 Å². The second-order valence-electron chi connectivity index (χ2n) is 7.64. The quantitative estimate of drug-likeness (QED) is 0.665. The van der Waals surface area contributed by atoms with Gasteiger partial charge in [-0.1, -0.05) is 18.2 Å². The van der Waals surface area contributed by atoms with Gasteiger partial charge >= 0.3 is 0 Å². The lowest BCUT2D eigenvalue weighted by Crippen LogP contribution is -2.43. The molecule has 1 aliphatic rings. The summed E-state index contributed by atoms with van der Waals surface area (Å²) >= 11 is 0. The molecule has 0 N–H and O–H groups in total. The van der Waals surface area contributed by atoms with Gasteiger partial charge in [0.25, 0.3) is 5.91 Å². The molecule has 0 saturated carbocycles. The fourth-order valence-corrected chi connectivity index (χ4v) is 3.76. The summed E-state index contributed by atoms with van der Waals surface area (Å²) in [5.41, 5.74) is 2.97. The van der Waals surface area contributed by atoms with Crippen LogP contribution in [0.5, 0.6) is 5.75 Å². The highest BCUT2D eigenvalue weighted by Gasteiger charge is 2.31. The predicted molar refractivity (Wildman–Crippen MR) is 108 cm³/mol. The first-order valence-corrected chi connectivity index (χ1v) is 9.90. The van der Waals surface area contributed by atoms with Gasteiger partial charge in [0.2, 0.25) is 0 Å². The molecule has 0 fully saturated rings. The molecule has 0 spiro atoms. The molecule has 1 unspecified atom stereocenters. The molecule has 8 nitrogen and oxygen atoms in total. The van der Waals surface area contributed by atoms with E-state index in [0.717, 1.165) is 29.2 Å². The van der Waals surface area contributed by atoms with E-state index in [4.69, 9.17) is 9.84 Å². The Morgan fingerprint density at radius 2 is 1.93 bits per heavy atom. The highest BCUT2D eigenvalue weighted by Crippen LogP contribution is 2.30. The van der Waals surface area contributed by atoms with Crippen LogP contribution in [0.25, 0.3) is 11.5 Å². The van der Waals surface area contributed by atoms with Crippen molar-refractivity contribution < 1.29 is 9.53 Å². The van der Waals surface area contributed by atoms with E-state index in [-0.39, 0.29) is 11.9 Å². The fourth-order valence-electron chi connectivity index (χ4n) is 3.76. The number of hydrogen-bond acceptors (Lipinski definition) is 5. The first kappa shape index (κ1) is 19.2. The number of ether oxygens (including phenoxy) is 1. The molecule has 0 radical (unpaired) electrons. The number of hydrogen-bond donors (Lipinski definition) is 0. The average Bonchev–Trinajstić information content (AvgIpc) is 3.32. The molecule has 4 rings (SSSR count). The SMILES string of the molecule is CC(Oc1ccccc1)C(=O)N1CCc2c(c(-c3nncn3C(C)C)nn2C)C1. The maximum Gasteiger partial charge on any atom is 0.263 e. The zero-order valence-electron chi connectivity index (χ0n) is 17.2.